The van der Waals surface area contributed by atoms with Gasteiger partial charge in [-0.1, -0.05) is 0 Å². The molecule has 0 spiro atoms. The largest absolute Gasteiger partial charge is 0.497 e. The number of aryl methyl sites for hydroxylation is 2. The predicted molar refractivity (Wildman–Crippen MR) is 110 cm³/mol. The van der Waals surface area contributed by atoms with Gasteiger partial charge in [-0.15, -0.1) is 11.3 Å². The van der Waals surface area contributed by atoms with Crippen LogP contribution in [0.25, 0.3) is 10.4 Å². The molecule has 1 aromatic carbocycles. The highest BCUT2D eigenvalue weighted by molar-refractivity contribution is 7.17. The van der Waals surface area contributed by atoms with Crippen LogP contribution in [0.2, 0.25) is 0 Å². The number of pyridine rings is 1. The molecule has 0 fully saturated rings. The summed E-state index contributed by atoms with van der Waals surface area (Å²) in [5.74, 6) is 1.32. The van der Waals surface area contributed by atoms with Crippen molar-refractivity contribution in [3.8, 4) is 16.2 Å². The number of carbonyl (C=O) groups excluding carboxylic acids is 1. The Bertz CT molecular complexity index is 993. The summed E-state index contributed by atoms with van der Waals surface area (Å²) in [6.07, 6.45) is 3.65. The lowest BCUT2D eigenvalue weighted by Crippen LogP contribution is -2.13. The summed E-state index contributed by atoms with van der Waals surface area (Å²) in [4.78, 5) is 20.9. The zero-order valence-electron chi connectivity index (χ0n) is 15.6. The second kappa shape index (κ2) is 7.04. The molecule has 1 amide bonds. The lowest BCUT2D eigenvalue weighted by Gasteiger charge is -2.16. The molecule has 27 heavy (non-hydrogen) atoms. The fourth-order valence-electron chi connectivity index (χ4n) is 3.25. The monoisotopic (exact) mass is 379 g/mol. The zero-order chi connectivity index (χ0) is 19.0. The van der Waals surface area contributed by atoms with E-state index in [1.54, 1.807) is 13.3 Å². The number of aromatic nitrogens is 1. The van der Waals surface area contributed by atoms with Crippen LogP contribution in [0.3, 0.4) is 0 Å². The van der Waals surface area contributed by atoms with Gasteiger partial charge in [0, 0.05) is 19.0 Å². The summed E-state index contributed by atoms with van der Waals surface area (Å²) in [6.45, 7) is 0. The van der Waals surface area contributed by atoms with Crippen molar-refractivity contribution in [2.75, 3.05) is 31.4 Å². The van der Waals surface area contributed by atoms with Gasteiger partial charge in [-0.3, -0.25) is 4.79 Å². The number of fused-ring (bicyclic) bond motifs is 3. The van der Waals surface area contributed by atoms with Crippen LogP contribution >= 0.6 is 11.3 Å². The van der Waals surface area contributed by atoms with Crippen molar-refractivity contribution < 1.29 is 9.53 Å². The third-order valence-corrected chi connectivity index (χ3v) is 5.97. The number of methoxy groups -OCH3 is 1. The minimum absolute atomic E-state index is 0.116. The molecule has 2 aromatic heterocycles. The number of benzene rings is 1. The third kappa shape index (κ3) is 3.40. The first-order valence-corrected chi connectivity index (χ1v) is 9.61. The third-order valence-electron chi connectivity index (χ3n) is 4.76. The van der Waals surface area contributed by atoms with Crippen LogP contribution in [-0.2, 0) is 12.8 Å². The second-order valence-electron chi connectivity index (χ2n) is 6.74. The van der Waals surface area contributed by atoms with Gasteiger partial charge < -0.3 is 15.0 Å². The molecule has 0 atom stereocenters. The molecule has 1 aliphatic rings. The minimum atomic E-state index is -0.116. The Morgan fingerprint density at radius 3 is 2.67 bits per heavy atom. The molecule has 1 aliphatic carbocycles. The van der Waals surface area contributed by atoms with Gasteiger partial charge in [0.05, 0.1) is 23.9 Å². The number of rotatable bonds is 4. The normalized spacial score (nSPS) is 12.1. The van der Waals surface area contributed by atoms with E-state index in [1.807, 2.05) is 43.3 Å². The molecular formula is C21H21N3O2S. The van der Waals surface area contributed by atoms with E-state index in [2.05, 4.69) is 22.4 Å². The van der Waals surface area contributed by atoms with Crippen LogP contribution in [0.5, 0.6) is 5.75 Å². The van der Waals surface area contributed by atoms with Gasteiger partial charge in [0.25, 0.3) is 5.91 Å². The first-order chi connectivity index (χ1) is 13.0. The van der Waals surface area contributed by atoms with Gasteiger partial charge in [0.1, 0.15) is 11.6 Å². The number of amides is 1. The summed E-state index contributed by atoms with van der Waals surface area (Å²) in [5, 5.41) is 2.90. The maximum absolute atomic E-state index is 12.7. The summed E-state index contributed by atoms with van der Waals surface area (Å²) >= 11 is 1.54. The van der Waals surface area contributed by atoms with Gasteiger partial charge in [0.2, 0.25) is 0 Å². The standard InChI is InChI=1S/C21H21N3O2S/c1-24(2)15-6-9-19(22-12-15)23-21(25)18-11-14-5-4-13-10-16(26-3)7-8-17(13)20(14)27-18/h6-12H,4-5H2,1-3H3,(H,22,23,25). The first-order valence-electron chi connectivity index (χ1n) is 8.80. The maximum Gasteiger partial charge on any atom is 0.266 e. The van der Waals surface area contributed by atoms with Crippen LogP contribution in [0.4, 0.5) is 11.5 Å². The van der Waals surface area contributed by atoms with Crippen molar-refractivity contribution in [2.45, 2.75) is 12.8 Å². The van der Waals surface area contributed by atoms with E-state index in [0.29, 0.717) is 10.7 Å². The summed E-state index contributed by atoms with van der Waals surface area (Å²) in [7, 11) is 5.60. The molecule has 4 rings (SSSR count). The Morgan fingerprint density at radius 2 is 1.96 bits per heavy atom. The predicted octanol–water partition coefficient (Wildman–Crippen LogP) is 4.24. The smallest absolute Gasteiger partial charge is 0.266 e. The number of hydrogen-bond acceptors (Lipinski definition) is 5. The van der Waals surface area contributed by atoms with Crippen molar-refractivity contribution in [1.29, 1.82) is 0 Å². The molecule has 138 valence electrons. The molecule has 5 nitrogen and oxygen atoms in total. The minimum Gasteiger partial charge on any atom is -0.497 e. The summed E-state index contributed by atoms with van der Waals surface area (Å²) in [6, 6.07) is 11.9. The average Bonchev–Trinajstić information content (AvgIpc) is 3.13. The Hall–Kier alpha value is -2.86. The van der Waals surface area contributed by atoms with Gasteiger partial charge in [0.15, 0.2) is 0 Å². The first kappa shape index (κ1) is 17.5. The highest BCUT2D eigenvalue weighted by Crippen LogP contribution is 2.40. The van der Waals surface area contributed by atoms with E-state index >= 15 is 0 Å². The van der Waals surface area contributed by atoms with Gasteiger partial charge in [-0.25, -0.2) is 4.98 Å². The molecule has 3 aromatic rings. The molecule has 0 saturated carbocycles. The van der Waals surface area contributed by atoms with Crippen molar-refractivity contribution in [3.05, 3.63) is 58.6 Å². The van der Waals surface area contributed by atoms with E-state index < -0.39 is 0 Å². The summed E-state index contributed by atoms with van der Waals surface area (Å²) in [5.41, 5.74) is 4.71. The molecule has 0 aliphatic heterocycles. The lowest BCUT2D eigenvalue weighted by molar-refractivity contribution is 0.103. The second-order valence-corrected chi connectivity index (χ2v) is 7.79. The van der Waals surface area contributed by atoms with Crippen molar-refractivity contribution in [1.82, 2.24) is 4.98 Å². The molecular weight excluding hydrogens is 358 g/mol. The number of ether oxygens (including phenoxy) is 1. The lowest BCUT2D eigenvalue weighted by atomic mass is 9.91. The van der Waals surface area contributed by atoms with E-state index in [1.165, 1.54) is 32.9 Å². The van der Waals surface area contributed by atoms with Crippen LogP contribution in [0, 0.1) is 0 Å². The number of carbonyl (C=O) groups is 1. The van der Waals surface area contributed by atoms with Crippen molar-refractivity contribution >= 4 is 28.7 Å². The fraction of sp³-hybridized carbons (Fsp3) is 0.238. The molecule has 0 saturated heterocycles. The quantitative estimate of drug-likeness (QED) is 0.737. The van der Waals surface area contributed by atoms with E-state index in [0.717, 1.165) is 24.3 Å². The van der Waals surface area contributed by atoms with E-state index in [9.17, 15) is 4.79 Å². The van der Waals surface area contributed by atoms with Crippen molar-refractivity contribution in [3.63, 3.8) is 0 Å². The Balaban J connectivity index is 1.57. The van der Waals surface area contributed by atoms with Crippen LogP contribution in [0.1, 0.15) is 20.8 Å². The Kier molecular flexibility index (Phi) is 4.58. The topological polar surface area (TPSA) is 54.5 Å². The number of anilines is 2. The number of nitrogens with one attached hydrogen (secondary N) is 1. The average molecular weight is 379 g/mol. The van der Waals surface area contributed by atoms with Crippen LogP contribution < -0.4 is 15.0 Å². The molecule has 0 radical (unpaired) electrons. The Labute approximate surface area is 162 Å². The Morgan fingerprint density at radius 1 is 1.15 bits per heavy atom. The number of thiophene rings is 1. The van der Waals surface area contributed by atoms with Crippen LogP contribution in [-0.4, -0.2) is 32.1 Å². The van der Waals surface area contributed by atoms with E-state index in [4.69, 9.17) is 4.74 Å². The zero-order valence-corrected chi connectivity index (χ0v) is 16.4. The summed E-state index contributed by atoms with van der Waals surface area (Å²) < 4.78 is 5.33. The highest BCUT2D eigenvalue weighted by atomic mass is 32.1. The maximum atomic E-state index is 12.7. The van der Waals surface area contributed by atoms with Gasteiger partial charge >= 0.3 is 0 Å². The molecule has 2 heterocycles. The number of hydrogen-bond donors (Lipinski definition) is 1. The van der Waals surface area contributed by atoms with Crippen LogP contribution in [0.15, 0.2) is 42.6 Å². The SMILES string of the molecule is COc1ccc2c(c1)CCc1cc(C(=O)Nc3ccc(N(C)C)cn3)sc1-2. The van der Waals surface area contributed by atoms with Crippen molar-refractivity contribution in [2.24, 2.45) is 0 Å². The molecule has 0 unspecified atom stereocenters. The highest BCUT2D eigenvalue weighted by Gasteiger charge is 2.22. The molecule has 0 bridgehead atoms. The van der Waals surface area contributed by atoms with Gasteiger partial charge in [-0.05, 0) is 65.9 Å². The van der Waals surface area contributed by atoms with Gasteiger partial charge in [-0.2, -0.15) is 0 Å². The van der Waals surface area contributed by atoms with E-state index in [-0.39, 0.29) is 5.91 Å². The number of nitrogens with zero attached hydrogens (tertiary/aromatic N) is 2. The molecule has 1 N–H and O–H groups in total. The fourth-order valence-corrected chi connectivity index (χ4v) is 4.42. The molecule has 6 heteroatoms.